The lowest BCUT2D eigenvalue weighted by atomic mass is 10.0. The van der Waals surface area contributed by atoms with Crippen LogP contribution in [-0.2, 0) is 0 Å². The van der Waals surface area contributed by atoms with Crippen molar-refractivity contribution in [1.29, 1.82) is 0 Å². The van der Waals surface area contributed by atoms with Crippen molar-refractivity contribution in [3.8, 4) is 0 Å². The van der Waals surface area contributed by atoms with Gasteiger partial charge >= 0.3 is 0 Å². The quantitative estimate of drug-likeness (QED) is 0.815. The van der Waals surface area contributed by atoms with Crippen LogP contribution < -0.4 is 5.32 Å². The molecule has 0 atom stereocenters. The van der Waals surface area contributed by atoms with Crippen LogP contribution in [0.4, 0.5) is 0 Å². The fourth-order valence-electron chi connectivity index (χ4n) is 2.22. The number of hydrogen-bond acceptors (Lipinski definition) is 2. The maximum Gasteiger partial charge on any atom is 0.0708 e. The minimum atomic E-state index is 0.551. The molecular formula is C17H22N2. The predicted octanol–water partition coefficient (Wildman–Crippen LogP) is 4.03. The van der Waals surface area contributed by atoms with Gasteiger partial charge in [0.1, 0.15) is 0 Å². The van der Waals surface area contributed by atoms with Crippen molar-refractivity contribution in [1.82, 2.24) is 10.3 Å². The molecule has 1 aromatic heterocycles. The second-order valence-corrected chi connectivity index (χ2v) is 5.16. The van der Waals surface area contributed by atoms with Gasteiger partial charge in [-0.05, 0) is 43.2 Å². The number of allylic oxidation sites excluding steroid dienone is 1. The fourth-order valence-corrected chi connectivity index (χ4v) is 2.22. The molecule has 0 spiro atoms. The molecule has 0 saturated heterocycles. The van der Waals surface area contributed by atoms with Gasteiger partial charge in [-0.2, -0.15) is 0 Å². The molecule has 0 bridgehead atoms. The van der Waals surface area contributed by atoms with Crippen molar-refractivity contribution in [3.05, 3.63) is 48.2 Å². The lowest BCUT2D eigenvalue weighted by Gasteiger charge is -2.08. The Bertz CT molecular complexity index is 565. The van der Waals surface area contributed by atoms with Crippen LogP contribution in [-0.4, -0.2) is 17.6 Å². The Balaban J connectivity index is 2.17. The molecule has 0 aliphatic carbocycles. The molecule has 2 heteroatoms. The van der Waals surface area contributed by atoms with Gasteiger partial charge in [-0.25, -0.2) is 0 Å². The largest absolute Gasteiger partial charge is 0.314 e. The molecule has 2 nitrogen and oxygen atoms in total. The third-order valence-corrected chi connectivity index (χ3v) is 3.22. The topological polar surface area (TPSA) is 24.9 Å². The highest BCUT2D eigenvalue weighted by atomic mass is 14.9. The van der Waals surface area contributed by atoms with Crippen molar-refractivity contribution in [2.24, 2.45) is 0 Å². The molecule has 100 valence electrons. The molecule has 0 unspecified atom stereocenters. The van der Waals surface area contributed by atoms with Gasteiger partial charge in [0.15, 0.2) is 0 Å². The van der Waals surface area contributed by atoms with Gasteiger partial charge < -0.3 is 5.32 Å². The van der Waals surface area contributed by atoms with Crippen LogP contribution in [0, 0.1) is 0 Å². The summed E-state index contributed by atoms with van der Waals surface area (Å²) in [6, 6.07) is 11.0. The fraction of sp³-hybridized carbons (Fsp3) is 0.353. The first-order valence-corrected chi connectivity index (χ1v) is 6.93. The number of aromatic nitrogens is 1. The van der Waals surface area contributed by atoms with Crippen LogP contribution in [0.3, 0.4) is 0 Å². The second kappa shape index (κ2) is 6.48. The van der Waals surface area contributed by atoms with Gasteiger partial charge in [-0.15, -0.1) is 0 Å². The number of nitrogens with zero attached hydrogens (tertiary/aromatic N) is 1. The summed E-state index contributed by atoms with van der Waals surface area (Å²) in [5.74, 6) is 0. The third kappa shape index (κ3) is 3.65. The van der Waals surface area contributed by atoms with Crippen LogP contribution in [0.15, 0.2) is 42.6 Å². The van der Waals surface area contributed by atoms with E-state index in [9.17, 15) is 0 Å². The molecule has 19 heavy (non-hydrogen) atoms. The highest BCUT2D eigenvalue weighted by Gasteiger charge is 2.02. The minimum Gasteiger partial charge on any atom is -0.314 e. The Hall–Kier alpha value is -1.67. The first-order chi connectivity index (χ1) is 9.18. The molecule has 2 aromatic rings. The van der Waals surface area contributed by atoms with Gasteiger partial charge in [0.2, 0.25) is 0 Å². The molecule has 1 aromatic carbocycles. The standard InChI is InChI=1S/C17H22N2/c1-13(2)18-11-5-7-14(3)15-8-4-10-17-16(15)9-6-12-19-17/h4,6-10,12-13,18H,5,11H2,1-3H3/b14-7-. The molecule has 0 amide bonds. The minimum absolute atomic E-state index is 0.551. The zero-order chi connectivity index (χ0) is 13.7. The van der Waals surface area contributed by atoms with Gasteiger partial charge in [-0.3, -0.25) is 4.98 Å². The van der Waals surface area contributed by atoms with E-state index < -0.39 is 0 Å². The van der Waals surface area contributed by atoms with Gasteiger partial charge in [0.25, 0.3) is 0 Å². The Morgan fingerprint density at radius 1 is 1.26 bits per heavy atom. The summed E-state index contributed by atoms with van der Waals surface area (Å²) < 4.78 is 0. The van der Waals surface area contributed by atoms with Crippen molar-refractivity contribution in [2.75, 3.05) is 6.54 Å². The summed E-state index contributed by atoms with van der Waals surface area (Å²) in [7, 11) is 0. The highest BCUT2D eigenvalue weighted by molar-refractivity contribution is 5.91. The number of fused-ring (bicyclic) bond motifs is 1. The van der Waals surface area contributed by atoms with Crippen molar-refractivity contribution in [2.45, 2.75) is 33.2 Å². The molecule has 0 aliphatic rings. The normalized spacial score (nSPS) is 12.3. The number of benzene rings is 1. The lowest BCUT2D eigenvalue weighted by molar-refractivity contribution is 0.595. The van der Waals surface area contributed by atoms with E-state index in [1.807, 2.05) is 12.3 Å². The zero-order valence-corrected chi connectivity index (χ0v) is 12.0. The Labute approximate surface area is 115 Å². The van der Waals surface area contributed by atoms with E-state index in [-0.39, 0.29) is 0 Å². The molecule has 0 saturated carbocycles. The van der Waals surface area contributed by atoms with E-state index in [1.54, 1.807) is 0 Å². The second-order valence-electron chi connectivity index (χ2n) is 5.16. The summed E-state index contributed by atoms with van der Waals surface area (Å²) in [5, 5.41) is 4.66. The van der Waals surface area contributed by atoms with Crippen LogP contribution >= 0.6 is 0 Å². The molecule has 0 aliphatic heterocycles. The molecular weight excluding hydrogens is 232 g/mol. The first-order valence-electron chi connectivity index (χ1n) is 6.93. The van der Waals surface area contributed by atoms with Gasteiger partial charge in [0, 0.05) is 17.6 Å². The molecule has 0 radical (unpaired) electrons. The predicted molar refractivity (Wildman–Crippen MR) is 83.1 cm³/mol. The van der Waals surface area contributed by atoms with E-state index in [0.717, 1.165) is 18.5 Å². The Morgan fingerprint density at radius 2 is 2.11 bits per heavy atom. The lowest BCUT2D eigenvalue weighted by Crippen LogP contribution is -2.23. The number of nitrogens with one attached hydrogen (secondary N) is 1. The third-order valence-electron chi connectivity index (χ3n) is 3.22. The smallest absolute Gasteiger partial charge is 0.0708 e. The number of pyridine rings is 1. The van der Waals surface area contributed by atoms with Gasteiger partial charge in [-0.1, -0.05) is 38.1 Å². The van der Waals surface area contributed by atoms with Crippen LogP contribution in [0.25, 0.3) is 16.5 Å². The summed E-state index contributed by atoms with van der Waals surface area (Å²) >= 11 is 0. The summed E-state index contributed by atoms with van der Waals surface area (Å²) in [6.45, 7) is 7.55. The van der Waals surface area contributed by atoms with Crippen LogP contribution in [0.2, 0.25) is 0 Å². The number of rotatable bonds is 5. The van der Waals surface area contributed by atoms with Gasteiger partial charge in [0.05, 0.1) is 5.52 Å². The van der Waals surface area contributed by atoms with E-state index in [0.29, 0.717) is 6.04 Å². The molecule has 1 N–H and O–H groups in total. The van der Waals surface area contributed by atoms with E-state index in [2.05, 4.69) is 61.4 Å². The SMILES string of the molecule is C/C(=C/CCNC(C)C)c1cccc2ncccc12. The summed E-state index contributed by atoms with van der Waals surface area (Å²) in [5.41, 5.74) is 3.67. The van der Waals surface area contributed by atoms with E-state index in [4.69, 9.17) is 0 Å². The van der Waals surface area contributed by atoms with Crippen LogP contribution in [0.1, 0.15) is 32.8 Å². The first kappa shape index (κ1) is 13.8. The van der Waals surface area contributed by atoms with Crippen molar-refractivity contribution >= 4 is 16.5 Å². The van der Waals surface area contributed by atoms with Crippen molar-refractivity contribution < 1.29 is 0 Å². The highest BCUT2D eigenvalue weighted by Crippen LogP contribution is 2.23. The van der Waals surface area contributed by atoms with E-state index >= 15 is 0 Å². The van der Waals surface area contributed by atoms with E-state index in [1.165, 1.54) is 16.5 Å². The summed E-state index contributed by atoms with van der Waals surface area (Å²) in [6.07, 6.45) is 5.20. The average molecular weight is 254 g/mol. The molecule has 2 rings (SSSR count). The molecule has 1 heterocycles. The summed E-state index contributed by atoms with van der Waals surface area (Å²) in [4.78, 5) is 4.40. The van der Waals surface area contributed by atoms with Crippen LogP contribution in [0.5, 0.6) is 0 Å². The number of hydrogen-bond donors (Lipinski definition) is 1. The maximum absolute atomic E-state index is 4.40. The Morgan fingerprint density at radius 3 is 2.89 bits per heavy atom. The van der Waals surface area contributed by atoms with Crippen molar-refractivity contribution in [3.63, 3.8) is 0 Å². The molecule has 0 fully saturated rings. The Kier molecular flexibility index (Phi) is 4.69. The monoisotopic (exact) mass is 254 g/mol. The average Bonchev–Trinajstić information content (AvgIpc) is 2.42. The zero-order valence-electron chi connectivity index (χ0n) is 12.0. The maximum atomic E-state index is 4.40.